The van der Waals surface area contributed by atoms with Gasteiger partial charge in [-0.3, -0.25) is 25.0 Å². The average Bonchev–Trinajstić information content (AvgIpc) is 3.40. The number of phenols is 2. The zero-order valence-electron chi connectivity index (χ0n) is 38.6. The van der Waals surface area contributed by atoms with E-state index in [2.05, 4.69) is 64.3 Å². The van der Waals surface area contributed by atoms with Gasteiger partial charge in [0, 0.05) is 48.0 Å². The number of alkyl halides is 3. The van der Waals surface area contributed by atoms with Gasteiger partial charge in [-0.1, -0.05) is 72.8 Å². The number of carbonyl (C=O) groups is 5. The first-order valence-corrected chi connectivity index (χ1v) is 23.5. The SMILES string of the molecule is O=C(NC(=O)c1ccc2c(N=Nc3ccc(-c4ccc(C(=O)c5ccc(N=Nc6c(O)ccc7cc(C(=O)NC(=O)Nc8cccc(C(F)(F)F)c8)ccc67)cc5)cc4)cc3)c(O)ccc2c1)Nc1cccc(I)c1. The van der Waals surface area contributed by atoms with E-state index in [1.54, 1.807) is 84.9 Å². The molecular weight excluding hydrogens is 1080 g/mol. The van der Waals surface area contributed by atoms with Crippen molar-refractivity contribution in [2.75, 3.05) is 10.6 Å². The standard InChI is InChI=1S/C56H36F3IN8O7/c57-56(58,59)39-3-1-5-43(29-39)61-54(74)63-52(72)37-15-23-46-35(27-37)18-26-48(70)50(46)68-66-42-21-13-34(14-22-42)51(71)33-9-7-31(8-10-33)32-11-19-41(20-12-32)65-67-49-45-24-16-38(28-36(45)17-25-47(49)69)53(73)64-55(75)62-44-6-2-4-40(60)30-44/h1-30,69-70H,(H2,61,63,72,74)(H2,62,64,73,75). The maximum atomic E-state index is 13.5. The molecule has 9 rings (SSSR count). The summed E-state index contributed by atoms with van der Waals surface area (Å²) in [7, 11) is 0. The van der Waals surface area contributed by atoms with Gasteiger partial charge >= 0.3 is 18.2 Å². The molecule has 0 radical (unpaired) electrons. The Morgan fingerprint density at radius 1 is 0.453 bits per heavy atom. The second-order valence-corrected chi connectivity index (χ2v) is 17.8. The van der Waals surface area contributed by atoms with Crippen LogP contribution in [0.3, 0.4) is 0 Å². The molecule has 19 heteroatoms. The number of rotatable bonds is 11. The summed E-state index contributed by atoms with van der Waals surface area (Å²) in [6, 6.07) is 45.0. The van der Waals surface area contributed by atoms with Crippen LogP contribution in [0.2, 0.25) is 0 Å². The molecule has 9 aromatic rings. The van der Waals surface area contributed by atoms with Crippen LogP contribution in [-0.4, -0.2) is 39.9 Å². The van der Waals surface area contributed by atoms with Gasteiger partial charge in [-0.15, -0.1) is 10.2 Å². The third-order valence-electron chi connectivity index (χ3n) is 11.5. The lowest BCUT2D eigenvalue weighted by molar-refractivity contribution is -0.137. The molecule has 0 heterocycles. The number of nitrogens with one attached hydrogen (secondary N) is 4. The minimum atomic E-state index is -4.62. The second kappa shape index (κ2) is 21.6. The number of urea groups is 2. The van der Waals surface area contributed by atoms with Crippen LogP contribution in [0.1, 0.15) is 42.2 Å². The number of hydrogen-bond acceptors (Lipinski definition) is 11. The molecule has 0 atom stereocenters. The van der Waals surface area contributed by atoms with E-state index in [1.165, 1.54) is 48.5 Å². The van der Waals surface area contributed by atoms with Crippen LogP contribution in [0, 0.1) is 3.57 Å². The molecular formula is C56H36F3IN8O7. The van der Waals surface area contributed by atoms with E-state index >= 15 is 0 Å². The van der Waals surface area contributed by atoms with Crippen molar-refractivity contribution in [3.05, 3.63) is 213 Å². The van der Waals surface area contributed by atoms with Crippen LogP contribution in [0.15, 0.2) is 202 Å². The van der Waals surface area contributed by atoms with Gasteiger partial charge in [0.15, 0.2) is 5.78 Å². The van der Waals surface area contributed by atoms with Crippen molar-refractivity contribution in [2.45, 2.75) is 6.18 Å². The number of fused-ring (bicyclic) bond motifs is 2. The van der Waals surface area contributed by atoms with E-state index in [1.807, 2.05) is 30.3 Å². The summed E-state index contributed by atoms with van der Waals surface area (Å²) in [5.41, 5.74) is 3.35. The largest absolute Gasteiger partial charge is 0.506 e. The van der Waals surface area contributed by atoms with Crippen LogP contribution >= 0.6 is 22.6 Å². The predicted octanol–water partition coefficient (Wildman–Crippen LogP) is 14.7. The van der Waals surface area contributed by atoms with Crippen molar-refractivity contribution in [1.29, 1.82) is 0 Å². The number of amides is 6. The smallest absolute Gasteiger partial charge is 0.416 e. The summed E-state index contributed by atoms with van der Waals surface area (Å²) in [6.07, 6.45) is -4.62. The first kappa shape index (κ1) is 50.3. The molecule has 0 aliphatic heterocycles. The van der Waals surface area contributed by atoms with Crippen molar-refractivity contribution in [2.24, 2.45) is 20.5 Å². The van der Waals surface area contributed by atoms with E-state index < -0.39 is 35.6 Å². The minimum Gasteiger partial charge on any atom is -0.506 e. The molecule has 0 spiro atoms. The van der Waals surface area contributed by atoms with E-state index in [4.69, 9.17) is 0 Å². The van der Waals surface area contributed by atoms with Gasteiger partial charge in [-0.2, -0.15) is 23.4 Å². The fourth-order valence-electron chi connectivity index (χ4n) is 7.71. The van der Waals surface area contributed by atoms with Gasteiger partial charge in [-0.05, 0) is 154 Å². The lowest BCUT2D eigenvalue weighted by Gasteiger charge is -2.11. The zero-order valence-corrected chi connectivity index (χ0v) is 40.7. The van der Waals surface area contributed by atoms with Crippen molar-refractivity contribution in [3.63, 3.8) is 0 Å². The third kappa shape index (κ3) is 12.0. The van der Waals surface area contributed by atoms with Crippen LogP contribution in [0.4, 0.5) is 56.9 Å². The summed E-state index contributed by atoms with van der Waals surface area (Å²) in [4.78, 5) is 64.2. The molecule has 0 bridgehead atoms. The van der Waals surface area contributed by atoms with Gasteiger partial charge in [0.25, 0.3) is 11.8 Å². The van der Waals surface area contributed by atoms with Gasteiger partial charge in [0.1, 0.15) is 22.9 Å². The number of azo groups is 2. The van der Waals surface area contributed by atoms with Crippen molar-refractivity contribution >= 4 is 108 Å². The molecule has 6 N–H and O–H groups in total. The molecule has 0 aliphatic carbocycles. The Balaban J connectivity index is 0.802. The van der Waals surface area contributed by atoms with Crippen LogP contribution in [0.25, 0.3) is 32.7 Å². The van der Waals surface area contributed by atoms with Crippen LogP contribution in [0.5, 0.6) is 11.5 Å². The second-order valence-electron chi connectivity index (χ2n) is 16.5. The number of halogens is 4. The minimum absolute atomic E-state index is 0.0492. The number of nitrogens with zero attached hydrogens (tertiary/aromatic N) is 4. The van der Waals surface area contributed by atoms with Crippen molar-refractivity contribution < 1.29 is 47.4 Å². The number of hydrogen-bond donors (Lipinski definition) is 6. The molecule has 9 aromatic carbocycles. The number of phenolic OH excluding ortho intramolecular Hbond substituents is 2. The Labute approximate surface area is 437 Å². The summed E-state index contributed by atoms with van der Waals surface area (Å²) in [5.74, 6) is -2.00. The summed E-state index contributed by atoms with van der Waals surface area (Å²) in [6.45, 7) is 0. The fourth-order valence-corrected chi connectivity index (χ4v) is 8.25. The fraction of sp³-hybridized carbons (Fsp3) is 0.0179. The monoisotopic (exact) mass is 1120 g/mol. The van der Waals surface area contributed by atoms with Crippen LogP contribution < -0.4 is 21.3 Å². The van der Waals surface area contributed by atoms with E-state index in [0.717, 1.165) is 32.9 Å². The number of imide groups is 2. The lowest BCUT2D eigenvalue weighted by Crippen LogP contribution is -2.34. The molecule has 0 aromatic heterocycles. The van der Waals surface area contributed by atoms with Gasteiger partial charge in [0.05, 0.1) is 16.9 Å². The highest BCUT2D eigenvalue weighted by Crippen LogP contribution is 2.39. The summed E-state index contributed by atoms with van der Waals surface area (Å²) < 4.78 is 40.2. The highest BCUT2D eigenvalue weighted by molar-refractivity contribution is 14.1. The molecule has 370 valence electrons. The van der Waals surface area contributed by atoms with Crippen LogP contribution in [-0.2, 0) is 6.18 Å². The first-order chi connectivity index (χ1) is 36.0. The topological polar surface area (TPSA) is 223 Å². The predicted molar refractivity (Wildman–Crippen MR) is 285 cm³/mol. The molecule has 0 aliphatic rings. The number of ketones is 1. The van der Waals surface area contributed by atoms with Gasteiger partial charge < -0.3 is 20.8 Å². The Morgan fingerprint density at radius 2 is 0.880 bits per heavy atom. The van der Waals surface area contributed by atoms with Gasteiger partial charge in [-0.25, -0.2) is 9.59 Å². The number of anilines is 2. The molecule has 75 heavy (non-hydrogen) atoms. The van der Waals surface area contributed by atoms with Crippen molar-refractivity contribution in [1.82, 2.24) is 10.6 Å². The van der Waals surface area contributed by atoms with E-state index in [0.29, 0.717) is 49.7 Å². The summed E-state index contributed by atoms with van der Waals surface area (Å²) in [5, 5.41) is 49.8. The maximum absolute atomic E-state index is 13.5. The molecule has 15 nitrogen and oxygen atoms in total. The van der Waals surface area contributed by atoms with E-state index in [-0.39, 0.29) is 45.5 Å². The average molecular weight is 1120 g/mol. The Hall–Kier alpha value is -9.63. The Kier molecular flexibility index (Phi) is 14.5. The quantitative estimate of drug-likeness (QED) is 0.0417. The Morgan fingerprint density at radius 3 is 1.36 bits per heavy atom. The first-order valence-electron chi connectivity index (χ1n) is 22.4. The number of carbonyl (C=O) groups excluding carboxylic acids is 5. The molecule has 0 unspecified atom stereocenters. The maximum Gasteiger partial charge on any atom is 0.416 e. The molecule has 0 saturated carbocycles. The van der Waals surface area contributed by atoms with E-state index in [9.17, 15) is 47.4 Å². The highest BCUT2D eigenvalue weighted by Gasteiger charge is 2.30. The Bertz CT molecular complexity index is 3800. The lowest BCUT2D eigenvalue weighted by atomic mass is 9.99. The third-order valence-corrected chi connectivity index (χ3v) is 12.1. The highest BCUT2D eigenvalue weighted by atomic mass is 127. The zero-order chi connectivity index (χ0) is 52.8. The normalized spacial score (nSPS) is 11.5. The molecule has 0 fully saturated rings. The van der Waals surface area contributed by atoms with Gasteiger partial charge in [0.2, 0.25) is 0 Å². The number of benzene rings is 9. The van der Waals surface area contributed by atoms with Crippen molar-refractivity contribution in [3.8, 4) is 22.6 Å². The number of aromatic hydroxyl groups is 2. The molecule has 6 amide bonds. The summed E-state index contributed by atoms with van der Waals surface area (Å²) >= 11 is 2.12. The molecule has 0 saturated heterocycles.